The third-order valence-corrected chi connectivity index (χ3v) is 6.48. The van der Waals surface area contributed by atoms with Gasteiger partial charge in [-0.05, 0) is 41.8 Å². The summed E-state index contributed by atoms with van der Waals surface area (Å²) >= 11 is 0. The molecule has 2 heterocycles. The van der Waals surface area contributed by atoms with Crippen molar-refractivity contribution in [3.05, 3.63) is 83.4 Å². The molecule has 0 saturated heterocycles. The molecule has 4 rings (SSSR count). The van der Waals surface area contributed by atoms with Gasteiger partial charge in [0.05, 0.1) is 17.3 Å². The molecule has 1 aliphatic heterocycles. The molecule has 1 aliphatic rings. The van der Waals surface area contributed by atoms with Gasteiger partial charge in [0.25, 0.3) is 10.0 Å². The van der Waals surface area contributed by atoms with Gasteiger partial charge in [0.2, 0.25) is 0 Å². The zero-order valence-electron chi connectivity index (χ0n) is 14.5. The third-order valence-electron chi connectivity index (χ3n) is 4.73. The highest BCUT2D eigenvalue weighted by molar-refractivity contribution is 7.89. The fourth-order valence-corrected chi connectivity index (χ4v) is 4.61. The van der Waals surface area contributed by atoms with Crippen LogP contribution in [0.25, 0.3) is 11.3 Å². The topological polar surface area (TPSA) is 74.1 Å². The highest BCUT2D eigenvalue weighted by atomic mass is 32.2. The molecule has 0 radical (unpaired) electrons. The molecule has 134 valence electrons. The zero-order valence-corrected chi connectivity index (χ0v) is 15.4. The normalized spacial score (nSPS) is 14.3. The minimum Gasteiger partial charge on any atom is -0.235 e. The molecule has 0 N–H and O–H groups in total. The van der Waals surface area contributed by atoms with Crippen molar-refractivity contribution in [2.45, 2.75) is 18.0 Å². The van der Waals surface area contributed by atoms with E-state index in [2.05, 4.69) is 11.1 Å². The van der Waals surface area contributed by atoms with Crippen LogP contribution in [0.3, 0.4) is 0 Å². The molecule has 1 aromatic heterocycles. The molecule has 3 aromatic rings. The molecule has 0 saturated carbocycles. The van der Waals surface area contributed by atoms with Crippen LogP contribution in [0.5, 0.6) is 0 Å². The summed E-state index contributed by atoms with van der Waals surface area (Å²) in [6.45, 7) is 0.809. The Morgan fingerprint density at radius 2 is 1.67 bits per heavy atom. The van der Waals surface area contributed by atoms with E-state index < -0.39 is 10.0 Å². The molecule has 2 aromatic carbocycles. The van der Waals surface area contributed by atoms with Crippen molar-refractivity contribution in [3.63, 3.8) is 0 Å². The van der Waals surface area contributed by atoms with Gasteiger partial charge in [-0.2, -0.15) is 9.57 Å². The molecular weight excluding hydrogens is 358 g/mol. The summed E-state index contributed by atoms with van der Waals surface area (Å²) in [6, 6.07) is 21.9. The highest BCUT2D eigenvalue weighted by Crippen LogP contribution is 2.26. The van der Waals surface area contributed by atoms with Crippen LogP contribution in [-0.2, 0) is 23.0 Å². The minimum absolute atomic E-state index is 0.0451. The Labute approximate surface area is 158 Å². The molecule has 0 aliphatic carbocycles. The lowest BCUT2D eigenvalue weighted by atomic mass is 10.0. The molecular formula is C21H17N3O2S. The van der Waals surface area contributed by atoms with Gasteiger partial charge in [0, 0.05) is 18.7 Å². The first kappa shape index (κ1) is 17.4. The number of nitrogens with zero attached hydrogens (tertiary/aromatic N) is 3. The van der Waals surface area contributed by atoms with Gasteiger partial charge in [-0.15, -0.1) is 0 Å². The van der Waals surface area contributed by atoms with Crippen molar-refractivity contribution in [1.29, 1.82) is 5.26 Å². The second kappa shape index (κ2) is 6.95. The van der Waals surface area contributed by atoms with Crippen LogP contribution < -0.4 is 0 Å². The maximum absolute atomic E-state index is 13.1. The average molecular weight is 375 g/mol. The van der Waals surface area contributed by atoms with Crippen LogP contribution in [0.1, 0.15) is 16.7 Å². The molecule has 27 heavy (non-hydrogen) atoms. The Morgan fingerprint density at radius 1 is 0.926 bits per heavy atom. The van der Waals surface area contributed by atoms with Gasteiger partial charge in [0.15, 0.2) is 5.03 Å². The van der Waals surface area contributed by atoms with Crippen LogP contribution in [0.2, 0.25) is 0 Å². The number of benzene rings is 2. The van der Waals surface area contributed by atoms with Crippen LogP contribution in [-0.4, -0.2) is 24.3 Å². The van der Waals surface area contributed by atoms with Crippen molar-refractivity contribution in [2.24, 2.45) is 0 Å². The van der Waals surface area contributed by atoms with Crippen molar-refractivity contribution < 1.29 is 8.42 Å². The van der Waals surface area contributed by atoms with Crippen molar-refractivity contribution in [2.75, 3.05) is 6.54 Å². The van der Waals surface area contributed by atoms with Gasteiger partial charge in [-0.3, -0.25) is 0 Å². The van der Waals surface area contributed by atoms with Gasteiger partial charge in [-0.25, -0.2) is 13.4 Å². The predicted molar refractivity (Wildman–Crippen MR) is 102 cm³/mol. The molecule has 0 amide bonds. The number of hydrogen-bond donors (Lipinski definition) is 0. The lowest BCUT2D eigenvalue weighted by Gasteiger charge is -2.27. The zero-order chi connectivity index (χ0) is 18.9. The lowest BCUT2D eigenvalue weighted by molar-refractivity contribution is 0.389. The maximum atomic E-state index is 13.1. The van der Waals surface area contributed by atoms with E-state index >= 15 is 0 Å². The number of pyridine rings is 1. The molecule has 0 atom stereocenters. The highest BCUT2D eigenvalue weighted by Gasteiger charge is 2.29. The van der Waals surface area contributed by atoms with E-state index in [1.807, 2.05) is 24.3 Å². The molecule has 5 nitrogen and oxygen atoms in total. The summed E-state index contributed by atoms with van der Waals surface area (Å²) in [5, 5.41) is 8.96. The molecule has 0 unspecified atom stereocenters. The van der Waals surface area contributed by atoms with Crippen molar-refractivity contribution in [3.8, 4) is 17.3 Å². The van der Waals surface area contributed by atoms with Gasteiger partial charge in [0.1, 0.15) is 0 Å². The first-order valence-electron chi connectivity index (χ1n) is 8.62. The maximum Gasteiger partial charge on any atom is 0.260 e. The minimum atomic E-state index is -3.68. The van der Waals surface area contributed by atoms with Crippen LogP contribution in [0.4, 0.5) is 0 Å². The fourth-order valence-electron chi connectivity index (χ4n) is 3.24. The summed E-state index contributed by atoms with van der Waals surface area (Å²) in [7, 11) is -3.68. The Hall–Kier alpha value is -3.01. The van der Waals surface area contributed by atoms with Crippen LogP contribution in [0.15, 0.2) is 71.8 Å². The van der Waals surface area contributed by atoms with Crippen LogP contribution >= 0.6 is 0 Å². The van der Waals surface area contributed by atoms with Gasteiger partial charge < -0.3 is 0 Å². The SMILES string of the molecule is N#Cc1ccc(-c2cccc(S(=O)(=O)N3CCc4ccccc4C3)n2)cc1. The van der Waals surface area contributed by atoms with E-state index in [9.17, 15) is 8.42 Å². The lowest BCUT2D eigenvalue weighted by Crippen LogP contribution is -2.36. The predicted octanol–water partition coefficient (Wildman–Crippen LogP) is 3.37. The molecule has 0 bridgehead atoms. The number of rotatable bonds is 3. The van der Waals surface area contributed by atoms with Crippen molar-refractivity contribution in [1.82, 2.24) is 9.29 Å². The summed E-state index contributed by atoms with van der Waals surface area (Å²) in [6.07, 6.45) is 0.699. The number of nitriles is 1. The van der Waals surface area contributed by atoms with Crippen LogP contribution in [0, 0.1) is 11.3 Å². The van der Waals surface area contributed by atoms with E-state index in [1.165, 1.54) is 15.9 Å². The van der Waals surface area contributed by atoms with E-state index in [1.54, 1.807) is 36.4 Å². The number of sulfonamides is 1. The van der Waals surface area contributed by atoms with E-state index in [0.29, 0.717) is 30.8 Å². The standard InChI is InChI=1S/C21H17N3O2S/c22-14-16-8-10-18(11-9-16)20-6-3-7-21(23-20)27(25,26)24-13-12-17-4-1-2-5-19(17)15-24/h1-11H,12-13,15H2. The Kier molecular flexibility index (Phi) is 4.48. The van der Waals surface area contributed by atoms with E-state index in [4.69, 9.17) is 5.26 Å². The first-order valence-corrected chi connectivity index (χ1v) is 10.1. The second-order valence-corrected chi connectivity index (χ2v) is 8.29. The van der Waals surface area contributed by atoms with Crippen molar-refractivity contribution >= 4 is 10.0 Å². The Balaban J connectivity index is 1.66. The van der Waals surface area contributed by atoms with Gasteiger partial charge in [-0.1, -0.05) is 42.5 Å². The summed E-state index contributed by atoms with van der Waals surface area (Å²) in [4.78, 5) is 4.39. The van der Waals surface area contributed by atoms with Gasteiger partial charge >= 0.3 is 0 Å². The average Bonchev–Trinajstić information content (AvgIpc) is 2.73. The molecule has 6 heteroatoms. The summed E-state index contributed by atoms with van der Waals surface area (Å²) in [5.41, 5.74) is 4.13. The number of hydrogen-bond acceptors (Lipinski definition) is 4. The fraction of sp³-hybridized carbons (Fsp3) is 0.143. The second-order valence-electron chi connectivity index (χ2n) is 6.41. The summed E-state index contributed by atoms with van der Waals surface area (Å²) < 4.78 is 27.7. The molecule has 0 spiro atoms. The Morgan fingerprint density at radius 3 is 2.41 bits per heavy atom. The monoisotopic (exact) mass is 375 g/mol. The Bertz CT molecular complexity index is 1130. The smallest absolute Gasteiger partial charge is 0.235 e. The molecule has 0 fully saturated rings. The quantitative estimate of drug-likeness (QED) is 0.703. The van der Waals surface area contributed by atoms with E-state index in [0.717, 1.165) is 11.1 Å². The largest absolute Gasteiger partial charge is 0.260 e. The third kappa shape index (κ3) is 3.35. The first-order chi connectivity index (χ1) is 13.1. The summed E-state index contributed by atoms with van der Waals surface area (Å²) in [5.74, 6) is 0. The number of fused-ring (bicyclic) bond motifs is 1. The van der Waals surface area contributed by atoms with E-state index in [-0.39, 0.29) is 5.03 Å². The number of aromatic nitrogens is 1.